The third-order valence-electron chi connectivity index (χ3n) is 8.06. The Labute approximate surface area is 323 Å². The van der Waals surface area contributed by atoms with Gasteiger partial charge in [-0.05, 0) is 50.0 Å². The number of nitrogens with zero attached hydrogens (tertiary/aromatic N) is 2. The van der Waals surface area contributed by atoms with E-state index in [4.69, 9.17) is 15.8 Å². The van der Waals surface area contributed by atoms with Crippen molar-refractivity contribution in [3.63, 3.8) is 0 Å². The van der Waals surface area contributed by atoms with E-state index in [1.807, 2.05) is 4.90 Å². The number of hydrogen-bond donors (Lipinski definition) is 9. The molecule has 0 spiro atoms. The quantitative estimate of drug-likeness (QED) is 0.0170. The zero-order valence-electron chi connectivity index (χ0n) is 31.4. The van der Waals surface area contributed by atoms with E-state index in [0.717, 1.165) is 0 Å². The van der Waals surface area contributed by atoms with Gasteiger partial charge in [0.25, 0.3) is 17.7 Å². The highest BCUT2D eigenvalue weighted by Gasteiger charge is 2.21. The van der Waals surface area contributed by atoms with Gasteiger partial charge >= 0.3 is 5.97 Å². The van der Waals surface area contributed by atoms with Crippen molar-refractivity contribution in [1.29, 1.82) is 0 Å². The SMILES string of the molecule is CN/C(=C\C=C/C=O)C(=O)NCC(=NCCN(CCN)CCNC(=O)c1cccc(=O)[nH]1)C(CCCCNC(=O)CCCC(=O)O)NC(=O)c1cccc(=O)[nH]1. The summed E-state index contributed by atoms with van der Waals surface area (Å²) in [7, 11) is 1.54. The molecule has 56 heavy (non-hydrogen) atoms. The van der Waals surface area contributed by atoms with Crippen LogP contribution in [0.25, 0.3) is 0 Å². The molecule has 0 aliphatic carbocycles. The predicted octanol–water partition coefficient (Wildman–Crippen LogP) is -1.19. The van der Waals surface area contributed by atoms with Crippen LogP contribution in [0.2, 0.25) is 0 Å². The lowest BCUT2D eigenvalue weighted by Gasteiger charge is -2.24. The maximum absolute atomic E-state index is 13.4. The van der Waals surface area contributed by atoms with E-state index in [0.29, 0.717) is 64.0 Å². The summed E-state index contributed by atoms with van der Waals surface area (Å²) in [4.78, 5) is 108. The Hall–Kier alpha value is -6.21. The number of allylic oxidation sites excluding steroid dienone is 3. The molecule has 10 N–H and O–H groups in total. The highest BCUT2D eigenvalue weighted by molar-refractivity contribution is 6.01. The molecule has 4 amide bonds. The van der Waals surface area contributed by atoms with Gasteiger partial charge in [-0.15, -0.1) is 0 Å². The Morgan fingerprint density at radius 3 is 2.18 bits per heavy atom. The van der Waals surface area contributed by atoms with Gasteiger partial charge in [0.15, 0.2) is 0 Å². The van der Waals surface area contributed by atoms with Gasteiger partial charge < -0.3 is 47.4 Å². The summed E-state index contributed by atoms with van der Waals surface area (Å²) in [6, 6.07) is 7.68. The number of carboxylic acids is 1. The monoisotopic (exact) mass is 780 g/mol. The topological polar surface area (TPSA) is 290 Å². The second kappa shape index (κ2) is 26.5. The number of aldehydes is 1. The molecule has 0 aliphatic heterocycles. The molecule has 2 aromatic rings. The predicted molar refractivity (Wildman–Crippen MR) is 209 cm³/mol. The number of nitrogens with one attached hydrogen (secondary N) is 7. The molecule has 304 valence electrons. The Morgan fingerprint density at radius 2 is 1.55 bits per heavy atom. The lowest BCUT2D eigenvalue weighted by Crippen LogP contribution is -2.47. The van der Waals surface area contributed by atoms with Crippen LogP contribution < -0.4 is 43.4 Å². The molecule has 0 aliphatic rings. The zero-order chi connectivity index (χ0) is 41.1. The van der Waals surface area contributed by atoms with Crippen LogP contribution in [0, 0.1) is 0 Å². The summed E-state index contributed by atoms with van der Waals surface area (Å²) in [5, 5.41) is 22.8. The first-order valence-corrected chi connectivity index (χ1v) is 18.2. The minimum absolute atomic E-state index is 0.0117. The number of unbranched alkanes of at least 4 members (excludes halogenated alkanes) is 1. The Balaban J connectivity index is 2.28. The first-order chi connectivity index (χ1) is 27.0. The molecule has 0 bridgehead atoms. The summed E-state index contributed by atoms with van der Waals surface area (Å²) in [6.45, 7) is 2.20. The molecule has 2 rings (SSSR count). The van der Waals surface area contributed by atoms with Crippen molar-refractivity contribution in [1.82, 2.24) is 41.5 Å². The summed E-state index contributed by atoms with van der Waals surface area (Å²) in [6.07, 6.45) is 6.09. The second-order valence-corrected chi connectivity index (χ2v) is 12.3. The van der Waals surface area contributed by atoms with Crippen LogP contribution in [0.3, 0.4) is 0 Å². The lowest BCUT2D eigenvalue weighted by atomic mass is 10.0. The molecule has 0 aromatic carbocycles. The molecule has 2 aromatic heterocycles. The fourth-order valence-electron chi connectivity index (χ4n) is 5.21. The standard InChI is InChI=1S/C37H52N10O9/c1-39-27(10-3-5-24-48)35(54)43-25-30(40-19-22-47(21-17-38)23-20-42-36(55)28-11-6-14-32(50)44-28)26(46-37(56)29-12-7-15-33(51)45-29)9-2-4-18-41-31(49)13-8-16-34(52)53/h3,5-7,10-12,14-15,24,26,39H,2,4,8-9,13,16-23,25,38H2,1H3,(H,41,49)(H,42,55)(H,43,54)(H,44,50)(H,45,51)(H,46,56)(H,52,53)/b5-3-,27-10-,40-30?. The lowest BCUT2D eigenvalue weighted by molar-refractivity contribution is -0.137. The smallest absolute Gasteiger partial charge is 0.303 e. The minimum Gasteiger partial charge on any atom is -0.481 e. The van der Waals surface area contributed by atoms with Gasteiger partial charge in [0.2, 0.25) is 17.0 Å². The number of nitrogens with two attached hydrogens (primary N) is 1. The molecule has 0 fully saturated rings. The van der Waals surface area contributed by atoms with Gasteiger partial charge in [-0.2, -0.15) is 0 Å². The van der Waals surface area contributed by atoms with Crippen molar-refractivity contribution in [2.45, 2.75) is 44.6 Å². The molecule has 1 atom stereocenters. The summed E-state index contributed by atoms with van der Waals surface area (Å²) >= 11 is 0. The van der Waals surface area contributed by atoms with Crippen LogP contribution in [0.15, 0.2) is 74.9 Å². The number of aliphatic imine (C=N–C) groups is 1. The molecule has 0 saturated heterocycles. The molecule has 0 radical (unpaired) electrons. The van der Waals surface area contributed by atoms with E-state index >= 15 is 0 Å². The van der Waals surface area contributed by atoms with Gasteiger partial charge in [0.05, 0.1) is 30.5 Å². The van der Waals surface area contributed by atoms with Gasteiger partial charge in [-0.1, -0.05) is 18.2 Å². The number of carbonyl (C=O) groups excluding carboxylic acids is 5. The summed E-state index contributed by atoms with van der Waals surface area (Å²) in [5.41, 5.74) is 5.67. The number of H-pyrrole nitrogens is 2. The van der Waals surface area contributed by atoms with E-state index in [9.17, 15) is 38.4 Å². The number of hydrogen-bond acceptors (Lipinski definition) is 12. The number of likely N-dealkylation sites (N-methyl/N-ethyl adjacent to an activating group) is 1. The molecule has 19 heteroatoms. The van der Waals surface area contributed by atoms with Crippen molar-refractivity contribution in [3.8, 4) is 0 Å². The van der Waals surface area contributed by atoms with Crippen molar-refractivity contribution in [2.24, 2.45) is 10.7 Å². The van der Waals surface area contributed by atoms with E-state index < -0.39 is 40.9 Å². The largest absolute Gasteiger partial charge is 0.481 e. The number of aromatic amines is 2. The molecular formula is C37H52N10O9. The van der Waals surface area contributed by atoms with Crippen molar-refractivity contribution in [2.75, 3.05) is 59.4 Å². The number of carbonyl (C=O) groups is 6. The summed E-state index contributed by atoms with van der Waals surface area (Å²) in [5.74, 6) is -2.81. The Bertz CT molecular complexity index is 1820. The fraction of sp³-hybridized carbons (Fsp3) is 0.432. The van der Waals surface area contributed by atoms with Crippen LogP contribution in [-0.2, 0) is 19.2 Å². The Morgan fingerprint density at radius 1 is 0.857 bits per heavy atom. The van der Waals surface area contributed by atoms with E-state index in [1.54, 1.807) is 0 Å². The summed E-state index contributed by atoms with van der Waals surface area (Å²) < 4.78 is 0. The van der Waals surface area contributed by atoms with Gasteiger partial charge in [-0.3, -0.25) is 48.2 Å². The van der Waals surface area contributed by atoms with Gasteiger partial charge in [0, 0.05) is 71.3 Å². The van der Waals surface area contributed by atoms with Crippen LogP contribution in [0.1, 0.15) is 59.5 Å². The van der Waals surface area contributed by atoms with Crippen molar-refractivity contribution in [3.05, 3.63) is 92.4 Å². The molecule has 0 saturated carbocycles. The zero-order valence-corrected chi connectivity index (χ0v) is 31.4. The number of carboxylic acid groups (broad SMARTS) is 1. The van der Waals surface area contributed by atoms with Crippen LogP contribution in [0.4, 0.5) is 0 Å². The van der Waals surface area contributed by atoms with E-state index in [-0.39, 0.29) is 61.9 Å². The van der Waals surface area contributed by atoms with Crippen LogP contribution in [-0.4, -0.2) is 127 Å². The maximum atomic E-state index is 13.4. The van der Waals surface area contributed by atoms with Crippen LogP contribution >= 0.6 is 0 Å². The molecule has 1 unspecified atom stereocenters. The van der Waals surface area contributed by atoms with E-state index in [1.165, 1.54) is 61.7 Å². The van der Waals surface area contributed by atoms with Gasteiger partial charge in [0.1, 0.15) is 17.7 Å². The third-order valence-corrected chi connectivity index (χ3v) is 8.06. The number of pyridine rings is 2. The first kappa shape index (κ1) is 45.9. The van der Waals surface area contributed by atoms with Gasteiger partial charge in [-0.25, -0.2) is 0 Å². The fourth-order valence-corrected chi connectivity index (χ4v) is 5.21. The normalized spacial score (nSPS) is 12.2. The minimum atomic E-state index is -0.981. The maximum Gasteiger partial charge on any atom is 0.303 e. The average Bonchev–Trinajstić information content (AvgIpc) is 3.16. The average molecular weight is 781 g/mol. The third kappa shape index (κ3) is 18.7. The number of rotatable bonds is 27. The molecule has 19 nitrogen and oxygen atoms in total. The molecule has 2 heterocycles. The number of aromatic nitrogens is 2. The number of amides is 4. The number of aliphatic carboxylic acids is 1. The van der Waals surface area contributed by atoms with Crippen molar-refractivity contribution < 1.29 is 33.9 Å². The highest BCUT2D eigenvalue weighted by Crippen LogP contribution is 2.07. The molecular weight excluding hydrogens is 728 g/mol. The van der Waals surface area contributed by atoms with Crippen LogP contribution in [0.5, 0.6) is 0 Å². The Kier molecular flexibility index (Phi) is 21.8. The van der Waals surface area contributed by atoms with E-state index in [2.05, 4.69) is 36.6 Å². The van der Waals surface area contributed by atoms with Crippen molar-refractivity contribution >= 4 is 41.6 Å². The second-order valence-electron chi connectivity index (χ2n) is 12.3. The first-order valence-electron chi connectivity index (χ1n) is 18.2. The highest BCUT2D eigenvalue weighted by atomic mass is 16.4.